The molecule has 0 bridgehead atoms. The summed E-state index contributed by atoms with van der Waals surface area (Å²) >= 11 is 0. The highest BCUT2D eigenvalue weighted by Crippen LogP contribution is 2.20. The molecule has 6 heteroatoms. The summed E-state index contributed by atoms with van der Waals surface area (Å²) in [5, 5.41) is 7.18. The molecule has 128 valence electrons. The van der Waals surface area contributed by atoms with E-state index in [1.807, 2.05) is 37.3 Å². The van der Waals surface area contributed by atoms with E-state index in [0.29, 0.717) is 24.4 Å². The van der Waals surface area contributed by atoms with E-state index in [2.05, 4.69) is 21.5 Å². The van der Waals surface area contributed by atoms with E-state index in [1.165, 1.54) is 0 Å². The molecule has 6 nitrogen and oxygen atoms in total. The van der Waals surface area contributed by atoms with Crippen molar-refractivity contribution < 1.29 is 4.79 Å². The summed E-state index contributed by atoms with van der Waals surface area (Å²) in [5.74, 6) is -0.201. The van der Waals surface area contributed by atoms with Crippen LogP contribution in [0.1, 0.15) is 33.0 Å². The van der Waals surface area contributed by atoms with E-state index in [4.69, 9.17) is 5.73 Å². The third kappa shape index (κ3) is 3.92. The second-order valence-corrected chi connectivity index (χ2v) is 5.95. The van der Waals surface area contributed by atoms with Gasteiger partial charge in [0.15, 0.2) is 0 Å². The number of carbonyl (C=O) groups excluding carboxylic acids is 1. The third-order valence-electron chi connectivity index (χ3n) is 4.03. The van der Waals surface area contributed by atoms with Gasteiger partial charge >= 0.3 is 0 Å². The van der Waals surface area contributed by atoms with Gasteiger partial charge in [0.1, 0.15) is 5.69 Å². The molecule has 1 amide bonds. The van der Waals surface area contributed by atoms with Gasteiger partial charge in [-0.25, -0.2) is 0 Å². The third-order valence-corrected chi connectivity index (χ3v) is 4.03. The average Bonchev–Trinajstić information content (AvgIpc) is 3.00. The minimum atomic E-state index is -0.201. The molecular formula is C19H21N5O. The van der Waals surface area contributed by atoms with Crippen molar-refractivity contribution in [2.75, 3.05) is 5.32 Å². The molecular weight excluding hydrogens is 314 g/mol. The van der Waals surface area contributed by atoms with Crippen molar-refractivity contribution in [1.82, 2.24) is 14.8 Å². The molecule has 25 heavy (non-hydrogen) atoms. The average molecular weight is 335 g/mol. The lowest BCUT2D eigenvalue weighted by atomic mass is 10.1. The number of pyridine rings is 1. The van der Waals surface area contributed by atoms with Crippen molar-refractivity contribution in [1.29, 1.82) is 0 Å². The zero-order chi connectivity index (χ0) is 17.8. The van der Waals surface area contributed by atoms with Crippen LogP contribution < -0.4 is 11.1 Å². The molecule has 0 aliphatic carbocycles. The number of anilines is 1. The quantitative estimate of drug-likeness (QED) is 0.750. The van der Waals surface area contributed by atoms with Crippen molar-refractivity contribution in [2.45, 2.75) is 19.9 Å². The van der Waals surface area contributed by atoms with Crippen LogP contribution >= 0.6 is 0 Å². The normalized spacial score (nSPS) is 10.7. The number of hydrogen-bond acceptors (Lipinski definition) is 4. The van der Waals surface area contributed by atoms with Crippen LogP contribution in [0.5, 0.6) is 0 Å². The zero-order valence-corrected chi connectivity index (χ0v) is 14.4. The predicted octanol–water partition coefficient (Wildman–Crippen LogP) is 2.43. The summed E-state index contributed by atoms with van der Waals surface area (Å²) in [5.41, 5.74) is 10.6. The van der Waals surface area contributed by atoms with Gasteiger partial charge in [-0.1, -0.05) is 18.2 Å². The molecule has 3 rings (SSSR count). The predicted molar refractivity (Wildman–Crippen MR) is 97.3 cm³/mol. The van der Waals surface area contributed by atoms with Crippen LogP contribution in [0.2, 0.25) is 0 Å². The van der Waals surface area contributed by atoms with E-state index >= 15 is 0 Å². The summed E-state index contributed by atoms with van der Waals surface area (Å²) in [6.07, 6.45) is 2.50. The summed E-state index contributed by atoms with van der Waals surface area (Å²) in [4.78, 5) is 16.9. The number of nitrogens with two attached hydrogens (primary N) is 1. The van der Waals surface area contributed by atoms with E-state index in [9.17, 15) is 4.79 Å². The zero-order valence-electron chi connectivity index (χ0n) is 14.4. The Labute approximate surface area is 146 Å². The molecule has 0 spiro atoms. The second kappa shape index (κ2) is 7.27. The van der Waals surface area contributed by atoms with Gasteiger partial charge < -0.3 is 11.1 Å². The summed E-state index contributed by atoms with van der Waals surface area (Å²) < 4.78 is 1.55. The Morgan fingerprint density at radius 3 is 2.72 bits per heavy atom. The SMILES string of the molecule is Cc1ccc(Cc2ccccn2)cc1NC(=O)c1cc(CN)nn1C. The maximum atomic E-state index is 12.6. The van der Waals surface area contributed by atoms with Crippen molar-refractivity contribution >= 4 is 11.6 Å². The maximum Gasteiger partial charge on any atom is 0.273 e. The van der Waals surface area contributed by atoms with Crippen LogP contribution in [-0.2, 0) is 20.0 Å². The fourth-order valence-electron chi connectivity index (χ4n) is 2.65. The smallest absolute Gasteiger partial charge is 0.273 e. The molecule has 0 aliphatic rings. The van der Waals surface area contributed by atoms with Gasteiger partial charge in [-0.05, 0) is 42.3 Å². The van der Waals surface area contributed by atoms with Crippen molar-refractivity contribution in [3.8, 4) is 0 Å². The van der Waals surface area contributed by atoms with E-state index in [1.54, 1.807) is 24.0 Å². The van der Waals surface area contributed by atoms with Crippen LogP contribution in [0.25, 0.3) is 0 Å². The number of nitrogens with one attached hydrogen (secondary N) is 1. The Morgan fingerprint density at radius 1 is 1.20 bits per heavy atom. The highest BCUT2D eigenvalue weighted by Gasteiger charge is 2.14. The fraction of sp³-hybridized carbons (Fsp3) is 0.211. The van der Waals surface area contributed by atoms with Crippen LogP contribution in [-0.4, -0.2) is 20.7 Å². The monoisotopic (exact) mass is 335 g/mol. The van der Waals surface area contributed by atoms with Crippen LogP contribution in [0.3, 0.4) is 0 Å². The number of benzene rings is 1. The summed E-state index contributed by atoms with van der Waals surface area (Å²) in [6.45, 7) is 2.27. The van der Waals surface area contributed by atoms with Gasteiger partial charge in [0.05, 0.1) is 5.69 Å². The Hall–Kier alpha value is -2.99. The van der Waals surface area contributed by atoms with E-state index in [-0.39, 0.29) is 5.91 Å². The fourth-order valence-corrected chi connectivity index (χ4v) is 2.65. The van der Waals surface area contributed by atoms with Crippen LogP contribution in [0, 0.1) is 6.92 Å². The number of hydrogen-bond donors (Lipinski definition) is 2. The Kier molecular flexibility index (Phi) is 4.90. The number of aryl methyl sites for hydroxylation is 2. The first-order valence-electron chi connectivity index (χ1n) is 8.10. The van der Waals surface area contributed by atoms with Crippen LogP contribution in [0.4, 0.5) is 5.69 Å². The molecule has 0 atom stereocenters. The van der Waals surface area contributed by atoms with Crippen molar-refractivity contribution in [3.63, 3.8) is 0 Å². The van der Waals surface area contributed by atoms with Crippen LogP contribution in [0.15, 0.2) is 48.7 Å². The van der Waals surface area contributed by atoms with Gasteiger partial charge in [-0.15, -0.1) is 0 Å². The lowest BCUT2D eigenvalue weighted by molar-refractivity contribution is 0.101. The first-order valence-corrected chi connectivity index (χ1v) is 8.10. The molecule has 2 aromatic heterocycles. The first-order chi connectivity index (χ1) is 12.1. The largest absolute Gasteiger partial charge is 0.325 e. The first kappa shape index (κ1) is 16.9. The number of amides is 1. The number of rotatable bonds is 5. The molecule has 0 aliphatic heterocycles. The minimum Gasteiger partial charge on any atom is -0.325 e. The van der Waals surface area contributed by atoms with E-state index in [0.717, 1.165) is 22.5 Å². The van der Waals surface area contributed by atoms with Gasteiger partial charge in [0, 0.05) is 37.6 Å². The van der Waals surface area contributed by atoms with Crippen molar-refractivity contribution in [3.05, 3.63) is 76.9 Å². The highest BCUT2D eigenvalue weighted by atomic mass is 16.2. The summed E-state index contributed by atoms with van der Waals surface area (Å²) in [7, 11) is 1.73. The lowest BCUT2D eigenvalue weighted by Crippen LogP contribution is -2.16. The molecule has 0 saturated heterocycles. The van der Waals surface area contributed by atoms with Gasteiger partial charge in [0.25, 0.3) is 5.91 Å². The van der Waals surface area contributed by atoms with E-state index < -0.39 is 0 Å². The number of aromatic nitrogens is 3. The highest BCUT2D eigenvalue weighted by molar-refractivity contribution is 6.03. The van der Waals surface area contributed by atoms with Gasteiger partial charge in [0.2, 0.25) is 0 Å². The standard InChI is InChI=1S/C19H21N5O/c1-13-6-7-14(9-15-5-3-4-8-21-15)10-17(13)22-19(25)18-11-16(12-20)23-24(18)2/h3-8,10-11H,9,12,20H2,1-2H3,(H,22,25). The van der Waals surface area contributed by atoms with Gasteiger partial charge in [-0.2, -0.15) is 5.10 Å². The Morgan fingerprint density at radius 2 is 2.04 bits per heavy atom. The topological polar surface area (TPSA) is 85.8 Å². The summed E-state index contributed by atoms with van der Waals surface area (Å²) in [6, 6.07) is 13.6. The Bertz CT molecular complexity index is 886. The number of carbonyl (C=O) groups is 1. The maximum absolute atomic E-state index is 12.6. The molecule has 0 unspecified atom stereocenters. The molecule has 0 fully saturated rings. The molecule has 2 heterocycles. The van der Waals surface area contributed by atoms with Gasteiger partial charge in [-0.3, -0.25) is 14.5 Å². The molecule has 1 aromatic carbocycles. The molecule has 3 aromatic rings. The molecule has 0 radical (unpaired) electrons. The second-order valence-electron chi connectivity index (χ2n) is 5.95. The minimum absolute atomic E-state index is 0.201. The number of nitrogens with zero attached hydrogens (tertiary/aromatic N) is 3. The molecule has 0 saturated carbocycles. The molecule has 3 N–H and O–H groups in total. The van der Waals surface area contributed by atoms with Crippen molar-refractivity contribution in [2.24, 2.45) is 12.8 Å². The lowest BCUT2D eigenvalue weighted by Gasteiger charge is -2.11. The Balaban J connectivity index is 1.80.